The highest BCUT2D eigenvalue weighted by Gasteiger charge is 2.24. The number of hydrogen-bond donors (Lipinski definition) is 2. The Balaban J connectivity index is 1.79. The minimum absolute atomic E-state index is 0.0242. The first-order valence-electron chi connectivity index (χ1n) is 7.32. The lowest BCUT2D eigenvalue weighted by molar-refractivity contribution is 0.0917. The van der Waals surface area contributed by atoms with Gasteiger partial charge in [-0.05, 0) is 38.8 Å². The molecular weight excluding hydrogens is 268 g/mol. The highest BCUT2D eigenvalue weighted by Crippen LogP contribution is 2.11. The molecule has 1 fully saturated rings. The van der Waals surface area contributed by atoms with E-state index >= 15 is 0 Å². The van der Waals surface area contributed by atoms with Gasteiger partial charge in [0.2, 0.25) is 0 Å². The van der Waals surface area contributed by atoms with E-state index in [1.807, 2.05) is 13.8 Å². The maximum absolute atomic E-state index is 12.0. The number of nitrogens with zero attached hydrogens (tertiary/aromatic N) is 2. The van der Waals surface area contributed by atoms with Gasteiger partial charge in [-0.15, -0.1) is 0 Å². The number of pyridine rings is 1. The number of piperidine rings is 1. The molecule has 0 aromatic carbocycles. The van der Waals surface area contributed by atoms with E-state index < -0.39 is 0 Å². The van der Waals surface area contributed by atoms with E-state index in [0.717, 1.165) is 12.8 Å². The number of nitrogens with one attached hydrogen (secondary N) is 2. The van der Waals surface area contributed by atoms with E-state index in [4.69, 9.17) is 0 Å². The number of likely N-dealkylation sites (tertiary alicyclic amines) is 1. The zero-order valence-corrected chi connectivity index (χ0v) is 12.5. The van der Waals surface area contributed by atoms with Crippen LogP contribution in [0.1, 0.15) is 37.0 Å². The highest BCUT2D eigenvalue weighted by atomic mass is 16.2. The summed E-state index contributed by atoms with van der Waals surface area (Å²) in [6, 6.07) is 3.63. The Morgan fingerprint density at radius 3 is 2.43 bits per heavy atom. The third-order valence-electron chi connectivity index (χ3n) is 3.47. The van der Waals surface area contributed by atoms with Crippen molar-refractivity contribution in [2.24, 2.45) is 0 Å². The molecule has 1 aliphatic heterocycles. The van der Waals surface area contributed by atoms with Crippen LogP contribution in [0.3, 0.4) is 0 Å². The second-order valence-corrected chi connectivity index (χ2v) is 5.57. The van der Waals surface area contributed by atoms with Crippen molar-refractivity contribution < 1.29 is 9.59 Å². The highest BCUT2D eigenvalue weighted by molar-refractivity contribution is 5.94. The average molecular weight is 290 g/mol. The van der Waals surface area contributed by atoms with Gasteiger partial charge in [0.15, 0.2) is 0 Å². The van der Waals surface area contributed by atoms with Gasteiger partial charge in [0.05, 0.1) is 0 Å². The number of carbonyl (C=O) groups is 2. The van der Waals surface area contributed by atoms with Gasteiger partial charge in [0.25, 0.3) is 5.91 Å². The third-order valence-corrected chi connectivity index (χ3v) is 3.47. The van der Waals surface area contributed by atoms with Gasteiger partial charge in [-0.1, -0.05) is 0 Å². The lowest BCUT2D eigenvalue weighted by Gasteiger charge is -2.32. The van der Waals surface area contributed by atoms with Crippen LogP contribution >= 0.6 is 0 Å². The molecule has 1 saturated heterocycles. The number of rotatable bonds is 3. The van der Waals surface area contributed by atoms with Crippen LogP contribution in [0.5, 0.6) is 0 Å². The van der Waals surface area contributed by atoms with Crippen LogP contribution in [0.4, 0.5) is 4.79 Å². The molecule has 3 amide bonds. The summed E-state index contributed by atoms with van der Waals surface area (Å²) in [6.07, 6.45) is 4.77. The predicted molar refractivity (Wildman–Crippen MR) is 80.0 cm³/mol. The van der Waals surface area contributed by atoms with Gasteiger partial charge in [-0.2, -0.15) is 0 Å². The van der Waals surface area contributed by atoms with Gasteiger partial charge in [-0.3, -0.25) is 9.78 Å². The normalized spacial score (nSPS) is 15.9. The number of urea groups is 1. The Bertz CT molecular complexity index is 482. The summed E-state index contributed by atoms with van der Waals surface area (Å²) in [6.45, 7) is 5.22. The van der Waals surface area contributed by atoms with Crippen molar-refractivity contribution in [3.63, 3.8) is 0 Å². The van der Waals surface area contributed by atoms with Crippen molar-refractivity contribution in [2.75, 3.05) is 13.1 Å². The van der Waals surface area contributed by atoms with E-state index in [1.165, 1.54) is 0 Å². The molecule has 0 spiro atoms. The van der Waals surface area contributed by atoms with Crippen LogP contribution in [-0.2, 0) is 0 Å². The Morgan fingerprint density at radius 2 is 1.86 bits per heavy atom. The molecule has 1 aromatic rings. The molecule has 1 aromatic heterocycles. The SMILES string of the molecule is CC(C)NC(=O)N1CCC(NC(=O)c2ccncc2)CC1. The summed E-state index contributed by atoms with van der Waals surface area (Å²) < 4.78 is 0. The van der Waals surface area contributed by atoms with Gasteiger partial charge in [0.1, 0.15) is 0 Å². The predicted octanol–water partition coefficient (Wildman–Crippen LogP) is 1.39. The van der Waals surface area contributed by atoms with Gasteiger partial charge in [0, 0.05) is 43.1 Å². The monoisotopic (exact) mass is 290 g/mol. The Kier molecular flexibility index (Phi) is 5.14. The van der Waals surface area contributed by atoms with Gasteiger partial charge >= 0.3 is 6.03 Å². The molecule has 0 radical (unpaired) electrons. The van der Waals surface area contributed by atoms with Crippen LogP contribution in [0, 0.1) is 0 Å². The molecule has 2 N–H and O–H groups in total. The Hall–Kier alpha value is -2.11. The molecule has 2 heterocycles. The van der Waals surface area contributed by atoms with Crippen molar-refractivity contribution in [1.29, 1.82) is 0 Å². The molecule has 21 heavy (non-hydrogen) atoms. The smallest absolute Gasteiger partial charge is 0.317 e. The molecule has 0 bridgehead atoms. The quantitative estimate of drug-likeness (QED) is 0.883. The van der Waals surface area contributed by atoms with Crippen LogP contribution < -0.4 is 10.6 Å². The summed E-state index contributed by atoms with van der Waals surface area (Å²) >= 11 is 0. The molecule has 0 atom stereocenters. The topological polar surface area (TPSA) is 74.3 Å². The fourth-order valence-corrected chi connectivity index (χ4v) is 2.34. The fraction of sp³-hybridized carbons (Fsp3) is 0.533. The molecule has 0 saturated carbocycles. The molecule has 6 heteroatoms. The van der Waals surface area contributed by atoms with Crippen LogP contribution in [0.15, 0.2) is 24.5 Å². The third kappa shape index (κ3) is 4.44. The molecule has 0 unspecified atom stereocenters. The summed E-state index contributed by atoms with van der Waals surface area (Å²) in [5.41, 5.74) is 0.616. The minimum Gasteiger partial charge on any atom is -0.349 e. The summed E-state index contributed by atoms with van der Waals surface area (Å²) in [7, 11) is 0. The van der Waals surface area contributed by atoms with E-state index in [1.54, 1.807) is 29.4 Å². The number of aromatic nitrogens is 1. The van der Waals surface area contributed by atoms with Crippen molar-refractivity contribution in [2.45, 2.75) is 38.8 Å². The van der Waals surface area contributed by atoms with E-state index in [9.17, 15) is 9.59 Å². The van der Waals surface area contributed by atoms with Gasteiger partial charge in [-0.25, -0.2) is 4.79 Å². The van der Waals surface area contributed by atoms with Crippen molar-refractivity contribution in [3.8, 4) is 0 Å². The van der Waals surface area contributed by atoms with E-state index in [-0.39, 0.29) is 24.0 Å². The Labute approximate surface area is 124 Å². The molecule has 0 aliphatic carbocycles. The summed E-state index contributed by atoms with van der Waals surface area (Å²) in [5, 5.41) is 5.90. The first kappa shape index (κ1) is 15.3. The second kappa shape index (κ2) is 7.06. The first-order chi connectivity index (χ1) is 10.1. The van der Waals surface area contributed by atoms with E-state index in [0.29, 0.717) is 18.7 Å². The van der Waals surface area contributed by atoms with Crippen LogP contribution in [0.2, 0.25) is 0 Å². The number of hydrogen-bond acceptors (Lipinski definition) is 3. The standard InChI is InChI=1S/C15H22N4O2/c1-11(2)17-15(21)19-9-5-13(6-10-19)18-14(20)12-3-7-16-8-4-12/h3-4,7-8,11,13H,5-6,9-10H2,1-2H3,(H,17,21)(H,18,20). The van der Waals surface area contributed by atoms with E-state index in [2.05, 4.69) is 15.6 Å². The number of amides is 3. The van der Waals surface area contributed by atoms with Gasteiger partial charge < -0.3 is 15.5 Å². The lowest BCUT2D eigenvalue weighted by atomic mass is 10.0. The molecule has 2 rings (SSSR count). The lowest BCUT2D eigenvalue weighted by Crippen LogP contribution is -2.50. The second-order valence-electron chi connectivity index (χ2n) is 5.57. The van der Waals surface area contributed by atoms with Crippen LogP contribution in [0.25, 0.3) is 0 Å². The summed E-state index contributed by atoms with van der Waals surface area (Å²) in [4.78, 5) is 29.6. The maximum atomic E-state index is 12.0. The van der Waals surface area contributed by atoms with Crippen LogP contribution in [-0.4, -0.2) is 47.0 Å². The molecule has 6 nitrogen and oxygen atoms in total. The van der Waals surface area contributed by atoms with Crippen molar-refractivity contribution >= 4 is 11.9 Å². The minimum atomic E-state index is -0.0810. The zero-order valence-electron chi connectivity index (χ0n) is 12.5. The fourth-order valence-electron chi connectivity index (χ4n) is 2.34. The maximum Gasteiger partial charge on any atom is 0.317 e. The van der Waals surface area contributed by atoms with Crippen molar-refractivity contribution in [1.82, 2.24) is 20.5 Å². The molecule has 1 aliphatic rings. The van der Waals surface area contributed by atoms with Crippen molar-refractivity contribution in [3.05, 3.63) is 30.1 Å². The first-order valence-corrected chi connectivity index (χ1v) is 7.32. The number of carbonyl (C=O) groups excluding carboxylic acids is 2. The molecule has 114 valence electrons. The summed E-state index contributed by atoms with van der Waals surface area (Å²) in [5.74, 6) is -0.0810. The molecular formula is C15H22N4O2. The Morgan fingerprint density at radius 1 is 1.24 bits per heavy atom. The largest absolute Gasteiger partial charge is 0.349 e. The average Bonchev–Trinajstić information content (AvgIpc) is 2.48. The zero-order chi connectivity index (χ0) is 15.2.